The number of nitrogens with zero attached hydrogens (tertiary/aromatic N) is 2. The van der Waals surface area contributed by atoms with Crippen molar-refractivity contribution in [1.82, 2.24) is 9.97 Å². The van der Waals surface area contributed by atoms with Crippen LogP contribution in [0.1, 0.15) is 18.2 Å². The number of nitrogens with two attached hydrogens (primary N) is 2. The molecule has 0 saturated carbocycles. The molecule has 0 bridgehead atoms. The molecule has 176 valence electrons. The van der Waals surface area contributed by atoms with Crippen molar-refractivity contribution in [3.05, 3.63) is 88.3 Å². The van der Waals surface area contributed by atoms with Crippen LogP contribution in [0.3, 0.4) is 0 Å². The number of aromatic nitrogens is 2. The minimum absolute atomic E-state index is 0.221. The molecule has 0 radical (unpaired) electrons. The number of pyridine rings is 2. The summed E-state index contributed by atoms with van der Waals surface area (Å²) >= 11 is 0. The Kier molecular flexibility index (Phi) is 6.70. The summed E-state index contributed by atoms with van der Waals surface area (Å²) in [5.74, 6) is 0.449. The van der Waals surface area contributed by atoms with E-state index in [2.05, 4.69) is 40.8 Å². The van der Waals surface area contributed by atoms with Crippen molar-refractivity contribution in [2.75, 3.05) is 36.5 Å². The van der Waals surface area contributed by atoms with E-state index < -0.39 is 0 Å². The Hall–Kier alpha value is -4.04. The van der Waals surface area contributed by atoms with E-state index in [4.69, 9.17) is 21.2 Å². The highest BCUT2D eigenvalue weighted by atomic mass is 16.5. The first-order valence-corrected chi connectivity index (χ1v) is 11.2. The van der Waals surface area contributed by atoms with E-state index in [1.807, 2.05) is 31.2 Å². The molecule has 2 aromatic heterocycles. The Balaban J connectivity index is 1.76. The lowest BCUT2D eigenvalue weighted by atomic mass is 10.1. The Morgan fingerprint density at radius 3 is 2.71 bits per heavy atom. The second kappa shape index (κ2) is 9.84. The van der Waals surface area contributed by atoms with E-state index in [-0.39, 0.29) is 5.56 Å². The highest BCUT2D eigenvalue weighted by Crippen LogP contribution is 2.29. The number of rotatable bonds is 6. The maximum Gasteiger partial charge on any atom is 0.259 e. The molecule has 0 atom stereocenters. The number of benzene rings is 1. The summed E-state index contributed by atoms with van der Waals surface area (Å²) in [4.78, 5) is 22.5. The van der Waals surface area contributed by atoms with Gasteiger partial charge in [0.2, 0.25) is 0 Å². The minimum Gasteiger partial charge on any atom is -0.404 e. The number of hydrogen-bond acceptors (Lipinski definition) is 7. The number of hydrogen-bond donors (Lipinski definition) is 4. The summed E-state index contributed by atoms with van der Waals surface area (Å²) in [6, 6.07) is 9.82. The zero-order chi connectivity index (χ0) is 24.2. The first-order chi connectivity index (χ1) is 16.4. The van der Waals surface area contributed by atoms with Gasteiger partial charge in [-0.25, -0.2) is 4.98 Å². The van der Waals surface area contributed by atoms with Gasteiger partial charge in [-0.05, 0) is 66.8 Å². The molecule has 6 N–H and O–H groups in total. The lowest BCUT2D eigenvalue weighted by molar-refractivity contribution is 0.122. The second-order valence-electron chi connectivity index (χ2n) is 8.33. The molecular formula is C26H30N6O2. The van der Waals surface area contributed by atoms with Crippen molar-refractivity contribution in [2.24, 2.45) is 11.5 Å². The third-order valence-electron chi connectivity index (χ3n) is 5.92. The van der Waals surface area contributed by atoms with Gasteiger partial charge in [0.15, 0.2) is 0 Å². The predicted molar refractivity (Wildman–Crippen MR) is 139 cm³/mol. The monoisotopic (exact) mass is 458 g/mol. The summed E-state index contributed by atoms with van der Waals surface area (Å²) in [6.45, 7) is 10.9. The maximum absolute atomic E-state index is 12.7. The van der Waals surface area contributed by atoms with Gasteiger partial charge in [0.25, 0.3) is 5.56 Å². The fourth-order valence-corrected chi connectivity index (χ4v) is 4.01. The Morgan fingerprint density at radius 1 is 1.26 bits per heavy atom. The van der Waals surface area contributed by atoms with E-state index in [0.717, 1.165) is 48.5 Å². The van der Waals surface area contributed by atoms with Crippen LogP contribution >= 0.6 is 0 Å². The Morgan fingerprint density at radius 2 is 2.03 bits per heavy atom. The van der Waals surface area contributed by atoms with Crippen molar-refractivity contribution in [3.63, 3.8) is 0 Å². The third kappa shape index (κ3) is 4.82. The number of allylic oxidation sites excluding steroid dienone is 3. The molecule has 4 rings (SSSR count). The van der Waals surface area contributed by atoms with Gasteiger partial charge in [0.05, 0.1) is 24.3 Å². The van der Waals surface area contributed by atoms with Crippen LogP contribution < -0.4 is 27.2 Å². The SMILES string of the molecule is C=C(N)/C(C)=C\C(=C/N)c1cc2cc[nH]c(=O)c2c(Nc2ccc(N3CCOCC3)c(C)c2)n1. The van der Waals surface area contributed by atoms with Crippen molar-refractivity contribution in [2.45, 2.75) is 13.8 Å². The largest absolute Gasteiger partial charge is 0.404 e. The number of ether oxygens (including phenoxy) is 1. The molecule has 3 aromatic rings. The molecule has 1 saturated heterocycles. The molecule has 1 aromatic carbocycles. The Bertz CT molecular complexity index is 1350. The van der Waals surface area contributed by atoms with Gasteiger partial charge in [-0.1, -0.05) is 6.58 Å². The van der Waals surface area contributed by atoms with Crippen LogP contribution in [0.15, 0.2) is 71.4 Å². The van der Waals surface area contributed by atoms with Gasteiger partial charge in [0, 0.05) is 48.1 Å². The Labute approximate surface area is 198 Å². The molecule has 8 nitrogen and oxygen atoms in total. The van der Waals surface area contributed by atoms with Crippen molar-refractivity contribution < 1.29 is 4.74 Å². The van der Waals surface area contributed by atoms with E-state index in [1.165, 1.54) is 11.9 Å². The third-order valence-corrected chi connectivity index (χ3v) is 5.92. The molecule has 1 aliphatic heterocycles. The van der Waals surface area contributed by atoms with E-state index in [9.17, 15) is 4.79 Å². The van der Waals surface area contributed by atoms with Crippen LogP contribution in [0, 0.1) is 6.92 Å². The molecular weight excluding hydrogens is 428 g/mol. The number of morpholine rings is 1. The molecule has 0 spiro atoms. The summed E-state index contributed by atoms with van der Waals surface area (Å²) in [6.07, 6.45) is 4.92. The number of nitrogens with one attached hydrogen (secondary N) is 2. The first kappa shape index (κ1) is 23.1. The quantitative estimate of drug-likeness (QED) is 0.417. The lowest BCUT2D eigenvalue weighted by Gasteiger charge is -2.30. The molecule has 8 heteroatoms. The number of fused-ring (bicyclic) bond motifs is 1. The van der Waals surface area contributed by atoms with Gasteiger partial charge < -0.3 is 31.4 Å². The fraction of sp³-hybridized carbons (Fsp3) is 0.231. The zero-order valence-electron chi connectivity index (χ0n) is 19.5. The van der Waals surface area contributed by atoms with Crippen molar-refractivity contribution in [1.29, 1.82) is 0 Å². The summed E-state index contributed by atoms with van der Waals surface area (Å²) in [5, 5.41) is 4.57. The van der Waals surface area contributed by atoms with E-state index in [1.54, 1.807) is 6.20 Å². The van der Waals surface area contributed by atoms with Crippen LogP contribution in [-0.2, 0) is 4.74 Å². The first-order valence-electron chi connectivity index (χ1n) is 11.2. The fourth-order valence-electron chi connectivity index (χ4n) is 4.01. The normalized spacial score (nSPS) is 14.9. The zero-order valence-corrected chi connectivity index (χ0v) is 19.5. The van der Waals surface area contributed by atoms with Crippen molar-refractivity contribution >= 4 is 33.5 Å². The lowest BCUT2D eigenvalue weighted by Crippen LogP contribution is -2.36. The number of H-pyrrole nitrogens is 1. The van der Waals surface area contributed by atoms with E-state index >= 15 is 0 Å². The standard InChI is InChI=1S/C26H30N6O2/c1-16(18(3)28)12-20(15-27)22-14-19-6-7-29-26(33)24(19)25(31-22)30-21-4-5-23(17(2)13-21)32-8-10-34-11-9-32/h4-7,12-15H,3,8-11,27-28H2,1-2H3,(H,29,33)(H,30,31)/b16-12-,20-15+. The van der Waals surface area contributed by atoms with Crippen molar-refractivity contribution in [3.8, 4) is 0 Å². The van der Waals surface area contributed by atoms with Gasteiger partial charge in [0.1, 0.15) is 5.82 Å². The summed E-state index contributed by atoms with van der Waals surface area (Å²) < 4.78 is 5.47. The van der Waals surface area contributed by atoms with Crippen LogP contribution in [0.2, 0.25) is 0 Å². The van der Waals surface area contributed by atoms with Crippen LogP contribution in [-0.4, -0.2) is 36.3 Å². The highest BCUT2D eigenvalue weighted by molar-refractivity contribution is 5.95. The molecule has 0 unspecified atom stereocenters. The van der Waals surface area contributed by atoms with Gasteiger partial charge in [-0.2, -0.15) is 0 Å². The van der Waals surface area contributed by atoms with Crippen LogP contribution in [0.25, 0.3) is 16.3 Å². The molecule has 0 amide bonds. The van der Waals surface area contributed by atoms with E-state index in [0.29, 0.717) is 28.2 Å². The second-order valence-corrected chi connectivity index (χ2v) is 8.33. The number of anilines is 3. The molecule has 0 aliphatic carbocycles. The van der Waals surface area contributed by atoms with Crippen LogP contribution in [0.4, 0.5) is 17.2 Å². The van der Waals surface area contributed by atoms with Gasteiger partial charge in [-0.3, -0.25) is 4.79 Å². The average molecular weight is 459 g/mol. The van der Waals surface area contributed by atoms with Gasteiger partial charge >= 0.3 is 0 Å². The predicted octanol–water partition coefficient (Wildman–Crippen LogP) is 3.53. The highest BCUT2D eigenvalue weighted by Gasteiger charge is 2.15. The number of aromatic amines is 1. The topological polar surface area (TPSA) is 122 Å². The molecule has 1 aliphatic rings. The summed E-state index contributed by atoms with van der Waals surface area (Å²) in [7, 11) is 0. The summed E-state index contributed by atoms with van der Waals surface area (Å²) in [5.41, 5.74) is 17.2. The molecule has 34 heavy (non-hydrogen) atoms. The average Bonchev–Trinajstić information content (AvgIpc) is 2.82. The molecule has 1 fully saturated rings. The van der Waals surface area contributed by atoms with Crippen LogP contribution in [0.5, 0.6) is 0 Å². The maximum atomic E-state index is 12.7. The smallest absolute Gasteiger partial charge is 0.259 e. The molecule has 3 heterocycles. The van der Waals surface area contributed by atoms with Gasteiger partial charge in [-0.15, -0.1) is 0 Å². The number of aryl methyl sites for hydroxylation is 1. The minimum atomic E-state index is -0.221.